The molecule has 6 heteroatoms. The molecular weight excluding hydrogens is 241 g/mol. The van der Waals surface area contributed by atoms with E-state index in [1.165, 1.54) is 12.1 Å². The molecule has 0 bridgehead atoms. The van der Waals surface area contributed by atoms with Gasteiger partial charge in [0.2, 0.25) is 0 Å². The van der Waals surface area contributed by atoms with Crippen LogP contribution in [0.1, 0.15) is 11.1 Å². The molecule has 0 unspecified atom stereocenters. The van der Waals surface area contributed by atoms with Gasteiger partial charge in [-0.25, -0.2) is 0 Å². The molecule has 1 aromatic rings. The number of halogens is 3. The maximum absolute atomic E-state index is 12.6. The Morgan fingerprint density at radius 1 is 1.44 bits per heavy atom. The Kier molecular flexibility index (Phi) is 3.85. The second-order valence-electron chi connectivity index (χ2n) is 3.05. The Bertz CT molecular complexity index is 402. The van der Waals surface area contributed by atoms with Crippen molar-refractivity contribution in [2.24, 2.45) is 0 Å². The molecule has 0 saturated heterocycles. The van der Waals surface area contributed by atoms with E-state index < -0.39 is 24.1 Å². The number of alkyl halides is 3. The number of carboxylic acids is 1. The van der Waals surface area contributed by atoms with Gasteiger partial charge >= 0.3 is 12.1 Å². The Labute approximate surface area is 94.5 Å². The number of carboxylic acid groups (broad SMARTS) is 1. The first-order valence-electron chi connectivity index (χ1n) is 4.31. The molecule has 0 aliphatic carbocycles. The summed E-state index contributed by atoms with van der Waals surface area (Å²) in [5.41, 5.74) is -1.04. The molecule has 0 aliphatic heterocycles. The Morgan fingerprint density at radius 2 is 2.06 bits per heavy atom. The molecule has 0 atom stereocenters. The van der Waals surface area contributed by atoms with Crippen molar-refractivity contribution in [3.63, 3.8) is 0 Å². The van der Waals surface area contributed by atoms with Crippen molar-refractivity contribution in [2.75, 3.05) is 6.26 Å². The van der Waals surface area contributed by atoms with Crippen LogP contribution in [0, 0.1) is 0 Å². The maximum Gasteiger partial charge on any atom is 0.416 e. The van der Waals surface area contributed by atoms with E-state index in [2.05, 4.69) is 0 Å². The van der Waals surface area contributed by atoms with Gasteiger partial charge in [0.1, 0.15) is 0 Å². The lowest BCUT2D eigenvalue weighted by atomic mass is 10.0. The predicted molar refractivity (Wildman–Crippen MR) is 54.6 cm³/mol. The van der Waals surface area contributed by atoms with Crippen LogP contribution in [-0.2, 0) is 17.4 Å². The fourth-order valence-corrected chi connectivity index (χ4v) is 2.00. The number of hydrogen-bond acceptors (Lipinski definition) is 2. The molecule has 2 nitrogen and oxygen atoms in total. The largest absolute Gasteiger partial charge is 0.481 e. The fourth-order valence-electron chi connectivity index (χ4n) is 1.36. The van der Waals surface area contributed by atoms with E-state index in [4.69, 9.17) is 5.11 Å². The summed E-state index contributed by atoms with van der Waals surface area (Å²) in [7, 11) is 0. The van der Waals surface area contributed by atoms with Gasteiger partial charge in [-0.1, -0.05) is 6.07 Å². The zero-order valence-corrected chi connectivity index (χ0v) is 9.15. The number of thioether (sulfide) groups is 1. The van der Waals surface area contributed by atoms with E-state index in [1.54, 1.807) is 6.26 Å². The van der Waals surface area contributed by atoms with Crippen LogP contribution in [0.2, 0.25) is 0 Å². The summed E-state index contributed by atoms with van der Waals surface area (Å²) in [6.07, 6.45) is -3.52. The minimum Gasteiger partial charge on any atom is -0.481 e. The number of rotatable bonds is 3. The van der Waals surface area contributed by atoms with Gasteiger partial charge < -0.3 is 5.11 Å². The molecule has 88 valence electrons. The number of benzene rings is 1. The molecule has 0 amide bonds. The van der Waals surface area contributed by atoms with Gasteiger partial charge in [0.15, 0.2) is 0 Å². The molecule has 1 rings (SSSR count). The summed E-state index contributed by atoms with van der Waals surface area (Å²) in [6.45, 7) is 0. The van der Waals surface area contributed by atoms with Crippen LogP contribution in [0.15, 0.2) is 23.1 Å². The normalized spacial score (nSPS) is 11.5. The molecule has 1 aromatic carbocycles. The highest BCUT2D eigenvalue weighted by atomic mass is 32.2. The van der Waals surface area contributed by atoms with E-state index in [0.29, 0.717) is 4.90 Å². The number of hydrogen-bond donors (Lipinski definition) is 1. The molecule has 0 heterocycles. The van der Waals surface area contributed by atoms with Crippen molar-refractivity contribution in [3.05, 3.63) is 29.3 Å². The Balaban J connectivity index is 3.31. The van der Waals surface area contributed by atoms with E-state index in [9.17, 15) is 18.0 Å². The van der Waals surface area contributed by atoms with Gasteiger partial charge in [0.25, 0.3) is 0 Å². The average molecular weight is 250 g/mol. The topological polar surface area (TPSA) is 37.3 Å². The number of aliphatic carboxylic acids is 1. The van der Waals surface area contributed by atoms with E-state index >= 15 is 0 Å². The van der Waals surface area contributed by atoms with Gasteiger partial charge in [-0.05, 0) is 24.0 Å². The summed E-state index contributed by atoms with van der Waals surface area (Å²) in [5, 5.41) is 8.60. The SMILES string of the molecule is CSc1cccc(C(F)(F)F)c1CC(=O)O. The van der Waals surface area contributed by atoms with E-state index in [1.807, 2.05) is 0 Å². The van der Waals surface area contributed by atoms with Crippen LogP contribution in [0.3, 0.4) is 0 Å². The summed E-state index contributed by atoms with van der Waals surface area (Å²) in [6, 6.07) is 3.66. The highest BCUT2D eigenvalue weighted by Gasteiger charge is 2.34. The van der Waals surface area contributed by atoms with Crippen LogP contribution in [0.4, 0.5) is 13.2 Å². The van der Waals surface area contributed by atoms with Crippen molar-refractivity contribution in [1.29, 1.82) is 0 Å². The molecule has 0 spiro atoms. The second kappa shape index (κ2) is 4.78. The molecule has 16 heavy (non-hydrogen) atoms. The molecule has 0 aromatic heterocycles. The first kappa shape index (κ1) is 12.9. The lowest BCUT2D eigenvalue weighted by Gasteiger charge is -2.14. The molecule has 0 saturated carbocycles. The second-order valence-corrected chi connectivity index (χ2v) is 3.90. The van der Waals surface area contributed by atoms with Gasteiger partial charge in [0, 0.05) is 4.90 Å². The third kappa shape index (κ3) is 2.91. The summed E-state index contributed by atoms with van der Waals surface area (Å²) >= 11 is 1.10. The third-order valence-electron chi connectivity index (χ3n) is 1.99. The maximum atomic E-state index is 12.6. The molecule has 0 radical (unpaired) electrons. The molecule has 1 N–H and O–H groups in total. The highest BCUT2D eigenvalue weighted by Crippen LogP contribution is 2.36. The Hall–Kier alpha value is -1.17. The van der Waals surface area contributed by atoms with Crippen LogP contribution in [0.5, 0.6) is 0 Å². The van der Waals surface area contributed by atoms with Crippen LogP contribution >= 0.6 is 11.8 Å². The average Bonchev–Trinajstić information content (AvgIpc) is 2.15. The Morgan fingerprint density at radius 3 is 2.50 bits per heavy atom. The highest BCUT2D eigenvalue weighted by molar-refractivity contribution is 7.98. The van der Waals surface area contributed by atoms with Gasteiger partial charge in [-0.3, -0.25) is 4.79 Å². The predicted octanol–water partition coefficient (Wildman–Crippen LogP) is 3.05. The van der Waals surface area contributed by atoms with E-state index in [0.717, 1.165) is 17.8 Å². The summed E-state index contributed by atoms with van der Waals surface area (Å²) in [4.78, 5) is 10.9. The van der Waals surface area contributed by atoms with Crippen LogP contribution in [0.25, 0.3) is 0 Å². The monoisotopic (exact) mass is 250 g/mol. The zero-order chi connectivity index (χ0) is 12.3. The smallest absolute Gasteiger partial charge is 0.416 e. The van der Waals surface area contributed by atoms with Crippen molar-refractivity contribution < 1.29 is 23.1 Å². The van der Waals surface area contributed by atoms with Crippen molar-refractivity contribution in [1.82, 2.24) is 0 Å². The van der Waals surface area contributed by atoms with Crippen molar-refractivity contribution >= 4 is 17.7 Å². The zero-order valence-electron chi connectivity index (χ0n) is 8.34. The van der Waals surface area contributed by atoms with Crippen LogP contribution < -0.4 is 0 Å². The molecule has 0 fully saturated rings. The van der Waals surface area contributed by atoms with Gasteiger partial charge in [0.05, 0.1) is 12.0 Å². The molecular formula is C10H9F3O2S. The lowest BCUT2D eigenvalue weighted by molar-refractivity contribution is -0.139. The fraction of sp³-hybridized carbons (Fsp3) is 0.300. The standard InChI is InChI=1S/C10H9F3O2S/c1-16-8-4-2-3-7(10(11,12)13)6(8)5-9(14)15/h2-4H,5H2,1H3,(H,14,15). The first-order chi connectivity index (χ1) is 7.36. The first-order valence-corrected chi connectivity index (χ1v) is 5.53. The lowest BCUT2D eigenvalue weighted by Crippen LogP contribution is -2.13. The molecule has 0 aliphatic rings. The quantitative estimate of drug-likeness (QED) is 0.838. The minimum atomic E-state index is -4.52. The van der Waals surface area contributed by atoms with Crippen molar-refractivity contribution in [2.45, 2.75) is 17.5 Å². The number of carbonyl (C=O) groups is 1. The van der Waals surface area contributed by atoms with Gasteiger partial charge in [-0.15, -0.1) is 11.8 Å². The van der Waals surface area contributed by atoms with Crippen molar-refractivity contribution in [3.8, 4) is 0 Å². The third-order valence-corrected chi connectivity index (χ3v) is 2.81. The van der Waals surface area contributed by atoms with E-state index in [-0.39, 0.29) is 5.56 Å². The van der Waals surface area contributed by atoms with Crippen LogP contribution in [-0.4, -0.2) is 17.3 Å². The summed E-state index contributed by atoms with van der Waals surface area (Å²) < 4.78 is 37.8. The summed E-state index contributed by atoms with van der Waals surface area (Å²) in [5.74, 6) is -1.27. The minimum absolute atomic E-state index is 0.171. The van der Waals surface area contributed by atoms with Gasteiger partial charge in [-0.2, -0.15) is 13.2 Å².